The van der Waals surface area contributed by atoms with Crippen molar-refractivity contribution in [1.29, 1.82) is 0 Å². The van der Waals surface area contributed by atoms with Gasteiger partial charge in [0.2, 0.25) is 11.8 Å². The molecular weight excluding hydrogens is 289 g/mol. The molecule has 0 spiro atoms. The van der Waals surface area contributed by atoms with Crippen molar-refractivity contribution in [2.45, 2.75) is 6.54 Å². The average molecular weight is 302 g/mol. The molecule has 10 nitrogen and oxygen atoms in total. The maximum Gasteiger partial charge on any atom is 0.246 e. The lowest BCUT2D eigenvalue weighted by Gasteiger charge is -2.15. The molecule has 1 atom stereocenters. The molecule has 20 heavy (non-hydrogen) atoms. The number of nitrogen functional groups attached to an aromatic ring is 1. The van der Waals surface area contributed by atoms with E-state index in [9.17, 15) is 9.46 Å². The topological polar surface area (TPSA) is 148 Å². The van der Waals surface area contributed by atoms with E-state index in [0.29, 0.717) is 11.2 Å². The third kappa shape index (κ3) is 3.42. The molecule has 0 fully saturated rings. The van der Waals surface area contributed by atoms with Gasteiger partial charge < -0.3 is 34.1 Å². The van der Waals surface area contributed by atoms with Gasteiger partial charge in [0.05, 0.1) is 20.0 Å². The number of hydrogen-bond donors (Lipinski definition) is 2. The fourth-order valence-electron chi connectivity index (χ4n) is 1.58. The smallest absolute Gasteiger partial charge is 0.246 e. The van der Waals surface area contributed by atoms with Crippen molar-refractivity contribution in [1.82, 2.24) is 19.5 Å². The fourth-order valence-corrected chi connectivity index (χ4v) is 1.94. The maximum atomic E-state index is 10.5. The van der Waals surface area contributed by atoms with Crippen molar-refractivity contribution in [3.63, 3.8) is 0 Å². The van der Waals surface area contributed by atoms with Crippen molar-refractivity contribution in [2.75, 3.05) is 25.8 Å². The van der Waals surface area contributed by atoms with Gasteiger partial charge in [-0.25, -0.2) is 4.98 Å². The van der Waals surface area contributed by atoms with Crippen LogP contribution in [0.5, 0.6) is 5.88 Å². The number of imidazole rings is 1. The predicted octanol–water partition coefficient (Wildman–Crippen LogP) is -1.06. The molecule has 0 radical (unpaired) electrons. The highest BCUT2D eigenvalue weighted by Gasteiger charge is 2.12. The number of hydrogen-bond acceptors (Lipinski definition) is 8. The molecule has 0 amide bonds. The van der Waals surface area contributed by atoms with E-state index in [1.807, 2.05) is 0 Å². The second-order valence-electron chi connectivity index (χ2n) is 3.88. The summed E-state index contributed by atoms with van der Waals surface area (Å²) in [6.07, 6.45) is 0.750. The van der Waals surface area contributed by atoms with E-state index in [-0.39, 0.29) is 25.0 Å². The van der Waals surface area contributed by atoms with Gasteiger partial charge in [-0.1, -0.05) is 0 Å². The summed E-state index contributed by atoms with van der Waals surface area (Å²) in [6.45, 7) is 0.348. The number of nitrogens with zero attached hydrogens (tertiary/aromatic N) is 4. The van der Waals surface area contributed by atoms with Gasteiger partial charge in [0, 0.05) is 6.54 Å². The minimum atomic E-state index is -4.40. The minimum absolute atomic E-state index is 0.0384. The zero-order chi connectivity index (χ0) is 14.8. The van der Waals surface area contributed by atoms with E-state index in [4.69, 9.17) is 20.1 Å². The highest BCUT2D eigenvalue weighted by molar-refractivity contribution is 7.50. The first-order valence-electron chi connectivity index (χ1n) is 5.53. The Bertz CT molecular complexity index is 653. The predicted molar refractivity (Wildman–Crippen MR) is 66.9 cm³/mol. The number of aromatic nitrogens is 4. The molecule has 1 unspecified atom stereocenters. The number of methoxy groups -OCH3 is 1. The molecule has 0 aliphatic heterocycles. The number of anilines is 1. The molecule has 0 aliphatic carbocycles. The molecule has 2 rings (SSSR count). The van der Waals surface area contributed by atoms with Crippen LogP contribution in [0.2, 0.25) is 0 Å². The molecule has 2 heterocycles. The largest absolute Gasteiger partial charge is 0.777 e. The Kier molecular flexibility index (Phi) is 4.19. The second-order valence-corrected chi connectivity index (χ2v) is 5.41. The van der Waals surface area contributed by atoms with Crippen LogP contribution in [0, 0.1) is 0 Å². The Morgan fingerprint density at radius 3 is 2.95 bits per heavy atom. The van der Waals surface area contributed by atoms with Gasteiger partial charge in [0.15, 0.2) is 18.8 Å². The first-order valence-corrected chi connectivity index (χ1v) is 7.30. The number of fused-ring (bicyclic) bond motifs is 1. The molecule has 0 bridgehead atoms. The lowest BCUT2D eigenvalue weighted by molar-refractivity contribution is -0.198. The van der Waals surface area contributed by atoms with Crippen molar-refractivity contribution >= 4 is 24.7 Å². The second kappa shape index (κ2) is 5.71. The Morgan fingerprint density at radius 2 is 2.30 bits per heavy atom. The molecule has 0 aromatic carbocycles. The van der Waals surface area contributed by atoms with Crippen molar-refractivity contribution in [2.24, 2.45) is 0 Å². The molecule has 0 saturated carbocycles. The monoisotopic (exact) mass is 302 g/mol. The molecule has 2 aromatic rings. The summed E-state index contributed by atoms with van der Waals surface area (Å²) < 4.78 is 22.0. The summed E-state index contributed by atoms with van der Waals surface area (Å²) in [5, 5.41) is 0. The van der Waals surface area contributed by atoms with Crippen LogP contribution in [-0.2, 0) is 15.8 Å². The number of ether oxygens (including phenoxy) is 2. The molecule has 11 heteroatoms. The van der Waals surface area contributed by atoms with Gasteiger partial charge in [-0.05, 0) is 0 Å². The van der Waals surface area contributed by atoms with E-state index in [2.05, 4.69) is 15.0 Å². The van der Waals surface area contributed by atoms with Gasteiger partial charge in [-0.2, -0.15) is 9.97 Å². The SMILES string of the molecule is COc1nc(N)nc2c1ncn2CCOCP(=O)([O-])O. The Labute approximate surface area is 113 Å². The third-order valence-corrected chi connectivity index (χ3v) is 2.88. The summed E-state index contributed by atoms with van der Waals surface area (Å²) in [6, 6.07) is 0. The Balaban J connectivity index is 2.11. The minimum Gasteiger partial charge on any atom is -0.777 e. The van der Waals surface area contributed by atoms with Crippen molar-refractivity contribution < 1.29 is 23.8 Å². The molecule has 110 valence electrons. The van der Waals surface area contributed by atoms with Gasteiger partial charge in [0.25, 0.3) is 0 Å². The molecule has 0 saturated heterocycles. The molecule has 2 aromatic heterocycles. The van der Waals surface area contributed by atoms with Gasteiger partial charge >= 0.3 is 0 Å². The van der Waals surface area contributed by atoms with E-state index in [1.165, 1.54) is 13.4 Å². The highest BCUT2D eigenvalue weighted by Crippen LogP contribution is 2.28. The van der Waals surface area contributed by atoms with Crippen molar-refractivity contribution in [3.05, 3.63) is 6.33 Å². The lowest BCUT2D eigenvalue weighted by atomic mass is 10.5. The van der Waals surface area contributed by atoms with Gasteiger partial charge in [-0.15, -0.1) is 0 Å². The summed E-state index contributed by atoms with van der Waals surface area (Å²) in [5.41, 5.74) is 6.45. The van der Waals surface area contributed by atoms with Gasteiger partial charge in [0.1, 0.15) is 6.35 Å². The Hall–Kier alpha value is -1.74. The molecule has 3 N–H and O–H groups in total. The van der Waals surface area contributed by atoms with Crippen LogP contribution in [-0.4, -0.2) is 44.5 Å². The van der Waals surface area contributed by atoms with Crippen LogP contribution < -0.4 is 15.4 Å². The molecule has 0 aliphatic rings. The number of rotatable bonds is 6. The third-order valence-electron chi connectivity index (χ3n) is 2.37. The summed E-state index contributed by atoms with van der Waals surface area (Å²) in [4.78, 5) is 31.1. The van der Waals surface area contributed by atoms with Gasteiger partial charge in [-0.3, -0.25) is 0 Å². The van der Waals surface area contributed by atoms with Crippen LogP contribution in [0.4, 0.5) is 5.95 Å². The summed E-state index contributed by atoms with van der Waals surface area (Å²) >= 11 is 0. The van der Waals surface area contributed by atoms with Crippen LogP contribution in [0.3, 0.4) is 0 Å². The lowest BCUT2D eigenvalue weighted by Crippen LogP contribution is -2.11. The van der Waals surface area contributed by atoms with Crippen LogP contribution in [0.15, 0.2) is 6.33 Å². The van der Waals surface area contributed by atoms with Crippen LogP contribution >= 0.6 is 7.60 Å². The zero-order valence-corrected chi connectivity index (χ0v) is 11.5. The fraction of sp³-hybridized carbons (Fsp3) is 0.444. The number of nitrogens with two attached hydrogens (primary N) is 1. The first kappa shape index (κ1) is 14.7. The summed E-state index contributed by atoms with van der Waals surface area (Å²) in [5.74, 6) is 0.294. The standard InChI is InChI=1S/C9H14N5O5P/c1-18-8-6-7(12-9(10)13-8)14(4-11-6)2-3-19-5-20(15,16)17/h4H,2-3,5H2,1H3,(H2,10,12,13)(H2,15,16,17)/p-1. The van der Waals surface area contributed by atoms with Crippen LogP contribution in [0.1, 0.15) is 0 Å². The first-order chi connectivity index (χ1) is 9.40. The van der Waals surface area contributed by atoms with E-state index in [0.717, 1.165) is 0 Å². The molecular formula is C9H13N5O5P-. The maximum absolute atomic E-state index is 10.5. The highest BCUT2D eigenvalue weighted by atomic mass is 31.2. The van der Waals surface area contributed by atoms with Crippen LogP contribution in [0.25, 0.3) is 11.2 Å². The normalized spacial score (nSPS) is 14.3. The zero-order valence-electron chi connectivity index (χ0n) is 10.6. The van der Waals surface area contributed by atoms with E-state index >= 15 is 0 Å². The average Bonchev–Trinajstić information content (AvgIpc) is 2.75. The van der Waals surface area contributed by atoms with E-state index < -0.39 is 13.9 Å². The quantitative estimate of drug-likeness (QED) is 0.502. The Morgan fingerprint density at radius 1 is 1.55 bits per heavy atom. The van der Waals surface area contributed by atoms with E-state index in [1.54, 1.807) is 4.57 Å². The summed E-state index contributed by atoms with van der Waals surface area (Å²) in [7, 11) is -2.96. The van der Waals surface area contributed by atoms with Crippen molar-refractivity contribution in [3.8, 4) is 5.88 Å².